The van der Waals surface area contributed by atoms with Gasteiger partial charge in [-0.3, -0.25) is 9.69 Å². The lowest BCUT2D eigenvalue weighted by atomic mass is 9.78. The van der Waals surface area contributed by atoms with Gasteiger partial charge in [0.25, 0.3) is 0 Å². The molecule has 3 atom stereocenters. The zero-order valence-corrected chi connectivity index (χ0v) is 18.2. The molecular formula is C20H30ClN3O3S. The Morgan fingerprint density at radius 3 is 2.57 bits per heavy atom. The van der Waals surface area contributed by atoms with Crippen LogP contribution < -0.4 is 5.32 Å². The Morgan fingerprint density at radius 2 is 1.89 bits per heavy atom. The molecule has 3 rings (SSSR count). The summed E-state index contributed by atoms with van der Waals surface area (Å²) in [5.74, 6) is 1.17. The van der Waals surface area contributed by atoms with Gasteiger partial charge >= 0.3 is 0 Å². The number of halogens is 1. The van der Waals surface area contributed by atoms with E-state index in [-0.39, 0.29) is 16.8 Å². The third-order valence-corrected chi connectivity index (χ3v) is 8.32. The maximum absolute atomic E-state index is 12.8. The van der Waals surface area contributed by atoms with E-state index in [1.807, 2.05) is 4.90 Å². The molecule has 2 aliphatic rings. The lowest BCUT2D eigenvalue weighted by Crippen LogP contribution is -2.52. The molecule has 0 spiro atoms. The van der Waals surface area contributed by atoms with Gasteiger partial charge in [-0.1, -0.05) is 44.4 Å². The van der Waals surface area contributed by atoms with Crippen LogP contribution in [0, 0.1) is 11.8 Å². The van der Waals surface area contributed by atoms with Gasteiger partial charge in [-0.05, 0) is 36.5 Å². The minimum absolute atomic E-state index is 0.0390. The van der Waals surface area contributed by atoms with Crippen molar-refractivity contribution in [3.05, 3.63) is 29.3 Å². The van der Waals surface area contributed by atoms with Gasteiger partial charge in [-0.25, -0.2) is 8.42 Å². The second-order valence-corrected chi connectivity index (χ2v) is 10.5. The summed E-state index contributed by atoms with van der Waals surface area (Å²) >= 11 is 5.93. The molecule has 1 N–H and O–H groups in total. The van der Waals surface area contributed by atoms with Crippen LogP contribution in [-0.2, 0) is 14.8 Å². The molecule has 1 aromatic rings. The van der Waals surface area contributed by atoms with Crippen LogP contribution >= 0.6 is 11.6 Å². The number of hydrogen-bond acceptors (Lipinski definition) is 4. The maximum atomic E-state index is 12.8. The summed E-state index contributed by atoms with van der Waals surface area (Å²) in [6.45, 7) is 6.63. The van der Waals surface area contributed by atoms with Crippen molar-refractivity contribution in [1.29, 1.82) is 0 Å². The molecule has 0 radical (unpaired) electrons. The number of carbonyl (C=O) groups excluding carboxylic acids is 1. The van der Waals surface area contributed by atoms with Crippen molar-refractivity contribution < 1.29 is 13.2 Å². The normalized spacial score (nSPS) is 27.5. The van der Waals surface area contributed by atoms with E-state index < -0.39 is 10.0 Å². The van der Waals surface area contributed by atoms with Crippen molar-refractivity contribution in [2.45, 2.75) is 44.0 Å². The van der Waals surface area contributed by atoms with Crippen molar-refractivity contribution in [3.63, 3.8) is 0 Å². The predicted molar refractivity (Wildman–Crippen MR) is 111 cm³/mol. The van der Waals surface area contributed by atoms with E-state index in [1.165, 1.54) is 16.8 Å². The van der Waals surface area contributed by atoms with Crippen LogP contribution in [-0.4, -0.2) is 62.3 Å². The number of hydrogen-bond donors (Lipinski definition) is 1. The molecule has 0 unspecified atom stereocenters. The zero-order valence-electron chi connectivity index (χ0n) is 16.6. The molecule has 1 amide bonds. The molecular weight excluding hydrogens is 398 g/mol. The van der Waals surface area contributed by atoms with Crippen molar-refractivity contribution in [1.82, 2.24) is 14.5 Å². The fourth-order valence-electron chi connectivity index (χ4n) is 4.15. The highest BCUT2D eigenvalue weighted by Crippen LogP contribution is 2.29. The van der Waals surface area contributed by atoms with E-state index in [4.69, 9.17) is 11.6 Å². The highest BCUT2D eigenvalue weighted by Gasteiger charge is 2.31. The Balaban J connectivity index is 1.50. The Hall–Kier alpha value is -1.15. The van der Waals surface area contributed by atoms with Crippen molar-refractivity contribution in [2.75, 3.05) is 32.7 Å². The summed E-state index contributed by atoms with van der Waals surface area (Å²) < 4.78 is 27.0. The van der Waals surface area contributed by atoms with E-state index in [0.29, 0.717) is 49.6 Å². The van der Waals surface area contributed by atoms with Crippen LogP contribution in [0.2, 0.25) is 5.02 Å². The largest absolute Gasteiger partial charge is 0.352 e. The quantitative estimate of drug-likeness (QED) is 0.784. The number of nitrogens with one attached hydrogen (secondary N) is 1. The van der Waals surface area contributed by atoms with Gasteiger partial charge in [-0.15, -0.1) is 0 Å². The summed E-state index contributed by atoms with van der Waals surface area (Å²) in [4.78, 5) is 14.7. The van der Waals surface area contributed by atoms with Gasteiger partial charge in [0, 0.05) is 37.2 Å². The molecule has 1 heterocycles. The lowest BCUT2D eigenvalue weighted by molar-refractivity contribution is -0.124. The van der Waals surface area contributed by atoms with Crippen LogP contribution in [0.4, 0.5) is 0 Å². The number of piperazine rings is 1. The molecule has 2 fully saturated rings. The van der Waals surface area contributed by atoms with E-state index in [1.54, 1.807) is 18.2 Å². The first kappa shape index (κ1) is 21.6. The summed E-state index contributed by atoms with van der Waals surface area (Å²) in [6.07, 6.45) is 3.44. The van der Waals surface area contributed by atoms with Crippen LogP contribution in [0.25, 0.3) is 0 Å². The predicted octanol–water partition coefficient (Wildman–Crippen LogP) is 2.59. The molecule has 1 saturated carbocycles. The average molecular weight is 428 g/mol. The van der Waals surface area contributed by atoms with Crippen LogP contribution in [0.1, 0.15) is 33.1 Å². The zero-order chi connectivity index (χ0) is 20.3. The minimum atomic E-state index is -3.55. The van der Waals surface area contributed by atoms with Gasteiger partial charge in [-0.2, -0.15) is 4.31 Å². The summed E-state index contributed by atoms with van der Waals surface area (Å²) in [6, 6.07) is 6.59. The fourth-order valence-corrected chi connectivity index (χ4v) is 5.87. The van der Waals surface area contributed by atoms with E-state index in [9.17, 15) is 13.2 Å². The number of sulfonamides is 1. The third-order valence-electron chi connectivity index (χ3n) is 6.19. The van der Waals surface area contributed by atoms with Crippen molar-refractivity contribution in [2.24, 2.45) is 11.8 Å². The number of amides is 1. The van der Waals surface area contributed by atoms with E-state index in [0.717, 1.165) is 12.8 Å². The number of rotatable bonds is 5. The Morgan fingerprint density at radius 1 is 1.18 bits per heavy atom. The molecule has 8 heteroatoms. The number of carbonyl (C=O) groups is 1. The molecule has 0 bridgehead atoms. The highest BCUT2D eigenvalue weighted by atomic mass is 35.5. The molecule has 1 aliphatic carbocycles. The molecule has 0 aromatic heterocycles. The van der Waals surface area contributed by atoms with Gasteiger partial charge in [0.05, 0.1) is 11.4 Å². The topological polar surface area (TPSA) is 69.7 Å². The van der Waals surface area contributed by atoms with Gasteiger partial charge < -0.3 is 5.32 Å². The summed E-state index contributed by atoms with van der Waals surface area (Å²) in [5, 5.41) is 3.60. The summed E-state index contributed by atoms with van der Waals surface area (Å²) in [7, 11) is -3.55. The van der Waals surface area contributed by atoms with Gasteiger partial charge in [0.1, 0.15) is 0 Å². The van der Waals surface area contributed by atoms with Crippen molar-refractivity contribution in [3.8, 4) is 0 Å². The van der Waals surface area contributed by atoms with Crippen LogP contribution in [0.3, 0.4) is 0 Å². The van der Waals surface area contributed by atoms with Gasteiger partial charge in [0.15, 0.2) is 0 Å². The maximum Gasteiger partial charge on any atom is 0.243 e. The minimum Gasteiger partial charge on any atom is -0.352 e. The van der Waals surface area contributed by atoms with Gasteiger partial charge in [0.2, 0.25) is 15.9 Å². The Kier molecular flexibility index (Phi) is 7.02. The number of nitrogens with zero attached hydrogens (tertiary/aromatic N) is 2. The van der Waals surface area contributed by atoms with Crippen molar-refractivity contribution >= 4 is 27.5 Å². The first-order valence-corrected chi connectivity index (χ1v) is 11.9. The molecule has 1 aromatic carbocycles. The molecule has 6 nitrogen and oxygen atoms in total. The second-order valence-electron chi connectivity index (χ2n) is 8.08. The summed E-state index contributed by atoms with van der Waals surface area (Å²) in [5.41, 5.74) is 0. The third kappa shape index (κ3) is 5.06. The average Bonchev–Trinajstić information content (AvgIpc) is 2.66. The van der Waals surface area contributed by atoms with E-state index >= 15 is 0 Å². The molecule has 1 saturated heterocycles. The molecule has 28 heavy (non-hydrogen) atoms. The fraction of sp³-hybridized carbons (Fsp3) is 0.650. The van der Waals surface area contributed by atoms with Crippen LogP contribution in [0.5, 0.6) is 0 Å². The second kappa shape index (κ2) is 9.11. The monoisotopic (exact) mass is 427 g/mol. The van der Waals surface area contributed by atoms with E-state index in [2.05, 4.69) is 19.2 Å². The lowest BCUT2D eigenvalue weighted by Gasteiger charge is -2.36. The smallest absolute Gasteiger partial charge is 0.243 e. The van der Waals surface area contributed by atoms with Crippen LogP contribution in [0.15, 0.2) is 29.2 Å². The highest BCUT2D eigenvalue weighted by molar-refractivity contribution is 7.89. The Bertz CT molecular complexity index is 794. The standard InChI is InChI=1S/C20H30ClN3O3S/c1-15-5-3-8-19(16(15)2)22-20(25)14-23-9-11-24(12-10-23)28(26,27)18-7-4-6-17(21)13-18/h4,6-7,13,15-16,19H,3,5,8-12,14H2,1-2H3,(H,22,25)/t15-,16-,19-/m1/s1. The molecule has 156 valence electrons. The first-order valence-electron chi connectivity index (χ1n) is 10.0. The Labute approximate surface area is 173 Å². The first-order chi connectivity index (χ1) is 13.3. The SMILES string of the molecule is C[C@@H]1[C@H](C)CCC[C@H]1NC(=O)CN1CCN(S(=O)(=O)c2cccc(Cl)c2)CC1. The number of benzene rings is 1. The molecule has 1 aliphatic heterocycles.